The van der Waals surface area contributed by atoms with Crippen molar-refractivity contribution in [2.45, 2.75) is 84.0 Å². The SMILES string of the molecule is Cc1cc(CCCCCCCCCCCCNCCCS(=O)(=O)O)ccc1N. The Bertz CT molecular complexity index is 633. The molecule has 0 atom stereocenters. The van der Waals surface area contributed by atoms with Gasteiger partial charge in [-0.15, -0.1) is 0 Å². The summed E-state index contributed by atoms with van der Waals surface area (Å²) in [7, 11) is -3.80. The highest BCUT2D eigenvalue weighted by Gasteiger charge is 2.02. The number of hydrogen-bond acceptors (Lipinski definition) is 4. The van der Waals surface area contributed by atoms with Crippen molar-refractivity contribution >= 4 is 15.8 Å². The molecule has 0 saturated heterocycles. The molecule has 1 aromatic rings. The molecule has 0 aliphatic rings. The van der Waals surface area contributed by atoms with Crippen molar-refractivity contribution < 1.29 is 13.0 Å². The van der Waals surface area contributed by atoms with Gasteiger partial charge in [0.2, 0.25) is 0 Å². The Morgan fingerprint density at radius 3 is 1.96 bits per heavy atom. The van der Waals surface area contributed by atoms with Gasteiger partial charge in [0, 0.05) is 5.69 Å². The van der Waals surface area contributed by atoms with Crippen molar-refractivity contribution in [1.82, 2.24) is 5.32 Å². The molecule has 0 amide bonds. The molecule has 6 heteroatoms. The maximum absolute atomic E-state index is 10.6. The average molecular weight is 413 g/mol. The Hall–Kier alpha value is -1.11. The van der Waals surface area contributed by atoms with E-state index in [1.54, 1.807) is 0 Å². The van der Waals surface area contributed by atoms with Crippen molar-refractivity contribution in [3.05, 3.63) is 29.3 Å². The smallest absolute Gasteiger partial charge is 0.264 e. The standard InChI is InChI=1S/C22H40N2O3S/c1-20-19-21(14-15-22(20)23)13-10-8-6-4-2-3-5-7-9-11-16-24-17-12-18-28(25,26)27/h14-15,19,24H,2-13,16-18,23H2,1H3,(H,25,26,27). The number of hydrogen-bond donors (Lipinski definition) is 3. The van der Waals surface area contributed by atoms with E-state index in [4.69, 9.17) is 10.3 Å². The highest BCUT2D eigenvalue weighted by atomic mass is 32.2. The molecule has 5 nitrogen and oxygen atoms in total. The molecule has 0 heterocycles. The molecular formula is C22H40N2O3S. The summed E-state index contributed by atoms with van der Waals surface area (Å²) < 4.78 is 29.8. The minimum absolute atomic E-state index is 0.152. The second kappa shape index (κ2) is 14.8. The molecule has 0 aromatic heterocycles. The van der Waals surface area contributed by atoms with Gasteiger partial charge in [-0.3, -0.25) is 4.55 Å². The predicted octanol–water partition coefficient (Wildman–Crippen LogP) is 4.89. The number of anilines is 1. The minimum atomic E-state index is -3.80. The van der Waals surface area contributed by atoms with Crippen LogP contribution in [0, 0.1) is 6.92 Å². The van der Waals surface area contributed by atoms with Crippen LogP contribution in [0.5, 0.6) is 0 Å². The third-order valence-electron chi connectivity index (χ3n) is 5.16. The monoisotopic (exact) mass is 412 g/mol. The number of aryl methyl sites for hydroxylation is 2. The van der Waals surface area contributed by atoms with Crippen LogP contribution < -0.4 is 11.1 Å². The second-order valence-corrected chi connectivity index (χ2v) is 9.44. The Balaban J connectivity index is 1.80. The van der Waals surface area contributed by atoms with Gasteiger partial charge in [-0.25, -0.2) is 0 Å². The fraction of sp³-hybridized carbons (Fsp3) is 0.727. The number of benzene rings is 1. The molecule has 1 aromatic carbocycles. The lowest BCUT2D eigenvalue weighted by Crippen LogP contribution is -2.19. The van der Waals surface area contributed by atoms with Crippen LogP contribution in [0.3, 0.4) is 0 Å². The zero-order valence-corrected chi connectivity index (χ0v) is 18.4. The van der Waals surface area contributed by atoms with E-state index in [1.165, 1.54) is 68.9 Å². The van der Waals surface area contributed by atoms with Crippen LogP contribution in [0.2, 0.25) is 0 Å². The average Bonchev–Trinajstić information content (AvgIpc) is 2.63. The van der Waals surface area contributed by atoms with E-state index in [2.05, 4.69) is 24.4 Å². The van der Waals surface area contributed by atoms with Crippen LogP contribution >= 0.6 is 0 Å². The van der Waals surface area contributed by atoms with Gasteiger partial charge in [0.05, 0.1) is 5.75 Å². The first-order chi connectivity index (χ1) is 13.4. The Labute approximate surface area is 172 Å². The normalized spacial score (nSPS) is 11.8. The molecular weight excluding hydrogens is 372 g/mol. The third kappa shape index (κ3) is 14.0. The van der Waals surface area contributed by atoms with Crippen LogP contribution in [-0.2, 0) is 16.5 Å². The van der Waals surface area contributed by atoms with Gasteiger partial charge in [-0.2, -0.15) is 8.42 Å². The highest BCUT2D eigenvalue weighted by molar-refractivity contribution is 7.85. The summed E-state index contributed by atoms with van der Waals surface area (Å²) in [4.78, 5) is 0. The lowest BCUT2D eigenvalue weighted by Gasteiger charge is -2.06. The van der Waals surface area contributed by atoms with E-state index in [9.17, 15) is 8.42 Å². The Kier molecular flexibility index (Phi) is 13.2. The molecule has 0 aliphatic heterocycles. The first-order valence-electron chi connectivity index (χ1n) is 10.9. The zero-order valence-electron chi connectivity index (χ0n) is 17.6. The summed E-state index contributed by atoms with van der Waals surface area (Å²) in [6, 6.07) is 6.38. The van der Waals surface area contributed by atoms with Crippen molar-refractivity contribution in [3.63, 3.8) is 0 Å². The van der Waals surface area contributed by atoms with Gasteiger partial charge in [0.1, 0.15) is 0 Å². The summed E-state index contributed by atoms with van der Waals surface area (Å²) in [5, 5.41) is 3.22. The van der Waals surface area contributed by atoms with Gasteiger partial charge >= 0.3 is 0 Å². The summed E-state index contributed by atoms with van der Waals surface area (Å²) in [6.07, 6.45) is 14.5. The van der Waals surface area contributed by atoms with E-state index in [1.807, 2.05) is 6.07 Å². The van der Waals surface area contributed by atoms with E-state index in [0.29, 0.717) is 13.0 Å². The molecule has 0 bridgehead atoms. The van der Waals surface area contributed by atoms with Gasteiger partial charge in [0.25, 0.3) is 10.1 Å². The van der Waals surface area contributed by atoms with Crippen molar-refractivity contribution in [1.29, 1.82) is 0 Å². The molecule has 4 N–H and O–H groups in total. The van der Waals surface area contributed by atoms with Crippen LogP contribution in [-0.4, -0.2) is 31.8 Å². The molecule has 1 rings (SSSR count). The van der Waals surface area contributed by atoms with Gasteiger partial charge in [-0.1, -0.05) is 63.5 Å². The molecule has 0 radical (unpaired) electrons. The number of nitrogen functional groups attached to an aromatic ring is 1. The van der Waals surface area contributed by atoms with Crippen LogP contribution in [0.25, 0.3) is 0 Å². The number of nitrogens with two attached hydrogens (primary N) is 1. The van der Waals surface area contributed by atoms with Crippen molar-refractivity contribution in [2.75, 3.05) is 24.6 Å². The molecule has 0 saturated carbocycles. The fourth-order valence-corrected chi connectivity index (χ4v) is 3.90. The molecule has 0 aliphatic carbocycles. The van der Waals surface area contributed by atoms with Gasteiger partial charge < -0.3 is 11.1 Å². The van der Waals surface area contributed by atoms with E-state index in [0.717, 1.165) is 25.1 Å². The number of unbranched alkanes of at least 4 members (excludes halogenated alkanes) is 9. The molecule has 0 fully saturated rings. The van der Waals surface area contributed by atoms with E-state index in [-0.39, 0.29) is 5.75 Å². The van der Waals surface area contributed by atoms with Crippen molar-refractivity contribution in [2.24, 2.45) is 0 Å². The highest BCUT2D eigenvalue weighted by Crippen LogP contribution is 2.16. The molecule has 28 heavy (non-hydrogen) atoms. The number of rotatable bonds is 17. The van der Waals surface area contributed by atoms with E-state index >= 15 is 0 Å². The fourth-order valence-electron chi connectivity index (χ4n) is 3.39. The number of nitrogens with one attached hydrogen (secondary N) is 1. The minimum Gasteiger partial charge on any atom is -0.399 e. The Morgan fingerprint density at radius 2 is 1.39 bits per heavy atom. The third-order valence-corrected chi connectivity index (χ3v) is 5.96. The topological polar surface area (TPSA) is 92.4 Å². The first-order valence-corrected chi connectivity index (χ1v) is 12.5. The maximum Gasteiger partial charge on any atom is 0.264 e. The largest absolute Gasteiger partial charge is 0.399 e. The zero-order chi connectivity index (χ0) is 20.7. The lowest BCUT2D eigenvalue weighted by atomic mass is 10.0. The van der Waals surface area contributed by atoms with Gasteiger partial charge in [0.15, 0.2) is 0 Å². The molecule has 0 unspecified atom stereocenters. The van der Waals surface area contributed by atoms with E-state index < -0.39 is 10.1 Å². The summed E-state index contributed by atoms with van der Waals surface area (Å²) >= 11 is 0. The summed E-state index contributed by atoms with van der Waals surface area (Å²) in [5.74, 6) is -0.152. The predicted molar refractivity (Wildman–Crippen MR) is 119 cm³/mol. The summed E-state index contributed by atoms with van der Waals surface area (Å²) in [5.41, 5.74) is 9.33. The summed E-state index contributed by atoms with van der Waals surface area (Å²) in [6.45, 7) is 3.65. The van der Waals surface area contributed by atoms with Crippen LogP contribution in [0.15, 0.2) is 18.2 Å². The molecule has 0 spiro atoms. The maximum atomic E-state index is 10.6. The Morgan fingerprint density at radius 1 is 0.857 bits per heavy atom. The first kappa shape index (κ1) is 24.9. The quantitative estimate of drug-likeness (QED) is 0.192. The van der Waals surface area contributed by atoms with Gasteiger partial charge in [-0.05, 0) is 62.9 Å². The van der Waals surface area contributed by atoms with Crippen molar-refractivity contribution in [3.8, 4) is 0 Å². The lowest BCUT2D eigenvalue weighted by molar-refractivity contribution is 0.479. The van der Waals surface area contributed by atoms with Crippen LogP contribution in [0.1, 0.15) is 81.8 Å². The second-order valence-electron chi connectivity index (χ2n) is 7.87. The van der Waals surface area contributed by atoms with Crippen LogP contribution in [0.4, 0.5) is 5.69 Å². The molecule has 162 valence electrons.